The average molecular weight is 451 g/mol. The molecule has 1 amide bonds. The number of anilines is 1. The number of benzene rings is 1. The van der Waals surface area contributed by atoms with E-state index in [0.29, 0.717) is 35.9 Å². The predicted octanol–water partition coefficient (Wildman–Crippen LogP) is 4.23. The summed E-state index contributed by atoms with van der Waals surface area (Å²) in [7, 11) is 1.46. The molecule has 1 aromatic carbocycles. The summed E-state index contributed by atoms with van der Waals surface area (Å²) >= 11 is 2.50. The maximum absolute atomic E-state index is 13.2. The van der Waals surface area contributed by atoms with Gasteiger partial charge in [0.05, 0.1) is 9.58 Å². The first kappa shape index (κ1) is 19.3. The second-order valence-electron chi connectivity index (χ2n) is 7.08. The summed E-state index contributed by atoms with van der Waals surface area (Å²) < 4.78 is 46.5. The Labute approximate surface area is 177 Å². The van der Waals surface area contributed by atoms with Crippen molar-refractivity contribution in [3.8, 4) is 0 Å². The molecule has 156 valence electrons. The highest BCUT2D eigenvalue weighted by Crippen LogP contribution is 2.38. The zero-order valence-corrected chi connectivity index (χ0v) is 17.4. The summed E-state index contributed by atoms with van der Waals surface area (Å²) in [6.07, 6.45) is -4.55. The highest BCUT2D eigenvalue weighted by molar-refractivity contribution is 7.20. The molecule has 0 radical (unpaired) electrons. The van der Waals surface area contributed by atoms with Gasteiger partial charge in [-0.15, -0.1) is 11.3 Å². The minimum absolute atomic E-state index is 0.0223. The molecule has 0 aliphatic carbocycles. The molecule has 1 aliphatic rings. The molecule has 0 N–H and O–H groups in total. The molecule has 0 unspecified atom stereocenters. The molecule has 4 heterocycles. The lowest BCUT2D eigenvalue weighted by Crippen LogP contribution is -2.48. The van der Waals surface area contributed by atoms with Gasteiger partial charge >= 0.3 is 6.18 Å². The predicted molar refractivity (Wildman–Crippen MR) is 111 cm³/mol. The molecular formula is C19H16F3N5OS2. The Morgan fingerprint density at radius 1 is 1.10 bits per heavy atom. The van der Waals surface area contributed by atoms with Gasteiger partial charge in [-0.05, 0) is 29.7 Å². The molecule has 0 atom stereocenters. The minimum Gasteiger partial charge on any atom is -0.352 e. The summed E-state index contributed by atoms with van der Waals surface area (Å²) in [5.74, 6) is 0.678. The highest BCUT2D eigenvalue weighted by Gasteiger charge is 2.38. The number of rotatable bonds is 2. The first-order valence-corrected chi connectivity index (χ1v) is 10.8. The fourth-order valence-corrected chi connectivity index (χ4v) is 5.57. The van der Waals surface area contributed by atoms with E-state index in [0.717, 1.165) is 27.2 Å². The third-order valence-corrected chi connectivity index (χ3v) is 7.22. The van der Waals surface area contributed by atoms with Crippen molar-refractivity contribution < 1.29 is 18.0 Å². The van der Waals surface area contributed by atoms with E-state index < -0.39 is 11.9 Å². The van der Waals surface area contributed by atoms with E-state index in [2.05, 4.69) is 14.4 Å². The lowest BCUT2D eigenvalue weighted by molar-refractivity contribution is -0.140. The number of halogens is 3. The SMILES string of the molecule is Cn1nc(C(F)(F)F)c2cc(C(=O)N3CCN(c4nsc5ccccc45)CC3)sc21. The molecule has 1 aliphatic heterocycles. The maximum Gasteiger partial charge on any atom is 0.435 e. The first-order chi connectivity index (χ1) is 14.3. The number of thiophene rings is 1. The van der Waals surface area contributed by atoms with E-state index in [1.807, 2.05) is 24.3 Å². The summed E-state index contributed by atoms with van der Waals surface area (Å²) in [5.41, 5.74) is -0.949. The number of fused-ring (bicyclic) bond motifs is 2. The van der Waals surface area contributed by atoms with E-state index in [1.165, 1.54) is 29.3 Å². The van der Waals surface area contributed by atoms with Gasteiger partial charge in [0.2, 0.25) is 0 Å². The number of nitrogens with zero attached hydrogens (tertiary/aromatic N) is 5. The Kier molecular flexibility index (Phi) is 4.47. The van der Waals surface area contributed by atoms with Gasteiger partial charge in [0.1, 0.15) is 10.6 Å². The normalized spacial score (nSPS) is 15.5. The number of alkyl halides is 3. The molecule has 5 rings (SSSR count). The lowest BCUT2D eigenvalue weighted by Gasteiger charge is -2.34. The van der Waals surface area contributed by atoms with E-state index in [-0.39, 0.29) is 11.3 Å². The Bertz CT molecular complexity index is 1250. The van der Waals surface area contributed by atoms with Crippen molar-refractivity contribution >= 4 is 54.9 Å². The van der Waals surface area contributed by atoms with Crippen LogP contribution in [0.2, 0.25) is 0 Å². The number of amides is 1. The molecule has 0 saturated carbocycles. The second-order valence-corrected chi connectivity index (χ2v) is 8.92. The quantitative estimate of drug-likeness (QED) is 0.458. The van der Waals surface area contributed by atoms with E-state index in [4.69, 9.17) is 0 Å². The van der Waals surface area contributed by atoms with Crippen LogP contribution in [0.25, 0.3) is 20.3 Å². The molecule has 11 heteroatoms. The van der Waals surface area contributed by atoms with Crippen molar-refractivity contribution in [1.82, 2.24) is 19.1 Å². The van der Waals surface area contributed by atoms with Gasteiger partial charge in [0.15, 0.2) is 5.69 Å². The van der Waals surface area contributed by atoms with Gasteiger partial charge in [-0.25, -0.2) is 0 Å². The number of piperazine rings is 1. The van der Waals surface area contributed by atoms with Crippen molar-refractivity contribution in [3.05, 3.63) is 40.9 Å². The molecule has 0 spiro atoms. The Morgan fingerprint density at radius 2 is 1.83 bits per heavy atom. The summed E-state index contributed by atoms with van der Waals surface area (Å²) in [5, 5.41) is 4.64. The third-order valence-electron chi connectivity index (χ3n) is 5.22. The van der Waals surface area contributed by atoms with Gasteiger partial charge in [0, 0.05) is 44.0 Å². The average Bonchev–Trinajstić information content (AvgIpc) is 3.42. The van der Waals surface area contributed by atoms with Crippen LogP contribution >= 0.6 is 22.9 Å². The molecule has 1 fully saturated rings. The summed E-state index contributed by atoms with van der Waals surface area (Å²) in [6.45, 7) is 2.23. The van der Waals surface area contributed by atoms with Crippen molar-refractivity contribution in [1.29, 1.82) is 0 Å². The fourth-order valence-electron chi connectivity index (χ4n) is 3.73. The minimum atomic E-state index is -4.55. The monoisotopic (exact) mass is 451 g/mol. The zero-order valence-electron chi connectivity index (χ0n) is 15.8. The molecule has 3 aromatic heterocycles. The smallest absolute Gasteiger partial charge is 0.352 e. The van der Waals surface area contributed by atoms with Gasteiger partial charge < -0.3 is 9.80 Å². The van der Waals surface area contributed by atoms with Crippen molar-refractivity contribution in [3.63, 3.8) is 0 Å². The lowest BCUT2D eigenvalue weighted by atomic mass is 10.2. The van der Waals surface area contributed by atoms with Crippen molar-refractivity contribution in [2.24, 2.45) is 7.05 Å². The number of hydrogen-bond donors (Lipinski definition) is 0. The van der Waals surface area contributed by atoms with Gasteiger partial charge in [-0.1, -0.05) is 12.1 Å². The molecule has 6 nitrogen and oxygen atoms in total. The van der Waals surface area contributed by atoms with Crippen LogP contribution in [0.5, 0.6) is 0 Å². The molecule has 30 heavy (non-hydrogen) atoms. The van der Waals surface area contributed by atoms with Crippen LogP contribution in [0.1, 0.15) is 15.4 Å². The Balaban J connectivity index is 1.35. The maximum atomic E-state index is 13.2. The Hall–Kier alpha value is -2.66. The number of hydrogen-bond acceptors (Lipinski definition) is 6. The number of carbonyl (C=O) groups excluding carboxylic acids is 1. The van der Waals surface area contributed by atoms with Crippen LogP contribution in [0.15, 0.2) is 30.3 Å². The number of carbonyl (C=O) groups is 1. The van der Waals surface area contributed by atoms with Crippen LogP contribution in [-0.2, 0) is 13.2 Å². The fraction of sp³-hybridized carbons (Fsp3) is 0.316. The highest BCUT2D eigenvalue weighted by atomic mass is 32.1. The first-order valence-electron chi connectivity index (χ1n) is 9.25. The second kappa shape index (κ2) is 6.95. The van der Waals surface area contributed by atoms with E-state index in [9.17, 15) is 18.0 Å². The molecule has 0 bridgehead atoms. The molecule has 1 saturated heterocycles. The third kappa shape index (κ3) is 3.12. The summed E-state index contributed by atoms with van der Waals surface area (Å²) in [4.78, 5) is 17.4. The number of aromatic nitrogens is 3. The van der Waals surface area contributed by atoms with Crippen LogP contribution in [0.3, 0.4) is 0 Å². The van der Waals surface area contributed by atoms with Crippen molar-refractivity contribution in [2.75, 3.05) is 31.1 Å². The van der Waals surface area contributed by atoms with Crippen molar-refractivity contribution in [2.45, 2.75) is 6.18 Å². The number of aryl methyl sites for hydroxylation is 1. The van der Waals surface area contributed by atoms with Gasteiger partial charge in [-0.3, -0.25) is 9.48 Å². The topological polar surface area (TPSA) is 54.3 Å². The van der Waals surface area contributed by atoms with Gasteiger partial charge in [0.25, 0.3) is 5.91 Å². The van der Waals surface area contributed by atoms with Crippen LogP contribution in [0, 0.1) is 0 Å². The van der Waals surface area contributed by atoms with Crippen LogP contribution in [0.4, 0.5) is 19.0 Å². The van der Waals surface area contributed by atoms with Crippen LogP contribution < -0.4 is 4.90 Å². The summed E-state index contributed by atoms with van der Waals surface area (Å²) in [6, 6.07) is 9.34. The standard InChI is InChI=1S/C19H16F3N5OS2/c1-25-18-12(15(23-25)19(20,21)22)10-14(29-18)17(28)27-8-6-26(7-9-27)16-11-4-2-3-5-13(11)30-24-16/h2-5,10H,6-9H2,1H3. The largest absolute Gasteiger partial charge is 0.435 e. The van der Waals surface area contributed by atoms with E-state index in [1.54, 1.807) is 4.90 Å². The molecular weight excluding hydrogens is 435 g/mol. The van der Waals surface area contributed by atoms with Crippen LogP contribution in [-0.4, -0.2) is 51.1 Å². The van der Waals surface area contributed by atoms with Gasteiger partial charge in [-0.2, -0.15) is 22.6 Å². The van der Waals surface area contributed by atoms with E-state index >= 15 is 0 Å². The zero-order chi connectivity index (χ0) is 21.0. The Morgan fingerprint density at radius 3 is 2.57 bits per heavy atom. The molecule has 4 aromatic rings.